The number of aliphatic hydroxyl groups is 1. The molecule has 0 spiro atoms. The molecule has 0 radical (unpaired) electrons. The number of nitrogens with one attached hydrogen (secondary N) is 4. The number of hydrogen-bond acceptors (Lipinski definition) is 13. The van der Waals surface area contributed by atoms with Crippen LogP contribution in [0.25, 0.3) is 32.5 Å². The van der Waals surface area contributed by atoms with Crippen LogP contribution < -0.4 is 30.7 Å². The van der Waals surface area contributed by atoms with E-state index in [9.17, 15) is 14.7 Å². The number of thiazole rings is 1. The second-order valence-corrected chi connectivity index (χ2v) is 20.7. The second kappa shape index (κ2) is 23.2. The summed E-state index contributed by atoms with van der Waals surface area (Å²) < 4.78 is 11.1. The van der Waals surface area contributed by atoms with Crippen molar-refractivity contribution in [3.63, 3.8) is 0 Å². The lowest BCUT2D eigenvalue weighted by Crippen LogP contribution is -2.56. The summed E-state index contributed by atoms with van der Waals surface area (Å²) in [6.45, 7) is 15.1. The number of benzene rings is 3. The van der Waals surface area contributed by atoms with Crippen LogP contribution in [0.4, 0.5) is 5.82 Å². The van der Waals surface area contributed by atoms with E-state index in [-0.39, 0.29) is 36.2 Å². The van der Waals surface area contributed by atoms with Crippen LogP contribution in [0, 0.1) is 19.3 Å². The van der Waals surface area contributed by atoms with Gasteiger partial charge in [-0.25, -0.2) is 15.0 Å². The van der Waals surface area contributed by atoms with Gasteiger partial charge in [-0.05, 0) is 97.4 Å². The van der Waals surface area contributed by atoms with Gasteiger partial charge in [0.05, 0.1) is 54.0 Å². The lowest BCUT2D eigenvalue weighted by atomic mass is 9.85. The number of unbranched alkanes of at least 4 members (excludes halogenated alkanes) is 4. The summed E-state index contributed by atoms with van der Waals surface area (Å²) >= 11 is 3.35. The third-order valence-corrected chi connectivity index (χ3v) is 14.7. The summed E-state index contributed by atoms with van der Waals surface area (Å²) in [6, 6.07) is 21.6. The van der Waals surface area contributed by atoms with E-state index in [2.05, 4.69) is 73.9 Å². The number of β-amino-alcohol motifs (C(OH)–C–C–N with tert-alkyl or cyclic N) is 1. The van der Waals surface area contributed by atoms with E-state index >= 15 is 0 Å². The fourth-order valence-electron chi connectivity index (χ4n) is 8.91. The van der Waals surface area contributed by atoms with Gasteiger partial charge in [-0.3, -0.25) is 9.59 Å². The van der Waals surface area contributed by atoms with Crippen LogP contribution in [0.3, 0.4) is 0 Å². The number of carbonyl (C=O) groups is 2. The molecular formula is C53H68N8O5S2. The van der Waals surface area contributed by atoms with E-state index in [1.165, 1.54) is 21.6 Å². The van der Waals surface area contributed by atoms with Crippen molar-refractivity contribution in [3.8, 4) is 33.1 Å². The highest BCUT2D eigenvalue weighted by atomic mass is 32.1. The molecular weight excluding hydrogens is 893 g/mol. The molecule has 7 rings (SSSR count). The molecule has 4 atom stereocenters. The Hall–Kier alpha value is -5.45. The van der Waals surface area contributed by atoms with E-state index in [1.54, 1.807) is 41.8 Å². The topological polar surface area (TPSA) is 163 Å². The molecule has 362 valence electrons. The number of amides is 2. The van der Waals surface area contributed by atoms with E-state index in [4.69, 9.17) is 14.5 Å². The Morgan fingerprint density at radius 2 is 1.60 bits per heavy atom. The maximum Gasteiger partial charge on any atom is 0.243 e. The average Bonchev–Trinajstić information content (AvgIpc) is 4.09. The quantitative estimate of drug-likeness (QED) is 0.0412. The molecule has 6 aromatic rings. The van der Waals surface area contributed by atoms with Crippen molar-refractivity contribution < 1.29 is 24.2 Å². The molecule has 68 heavy (non-hydrogen) atoms. The number of likely N-dealkylation sites (tertiary alicyclic amines) is 1. The zero-order valence-electron chi connectivity index (χ0n) is 40.8. The van der Waals surface area contributed by atoms with Gasteiger partial charge in [-0.1, -0.05) is 88.6 Å². The van der Waals surface area contributed by atoms with Crippen LogP contribution in [-0.4, -0.2) is 88.8 Å². The second-order valence-electron chi connectivity index (χ2n) is 18.9. The molecule has 5 N–H and O–H groups in total. The standard InChI is InChI=1S/C53H68N8O5S2/c1-33(58-50-42-26-45(65-7)46(66-8)27-43(42)59-35(3)60-50)47-24-39(31-67-47)41-17-13-12-16-38(41)29-54-22-14-10-9-11-15-23-55-49(53(4,5)6)52(64)61-30-40(62)25-44(61)51(63)56-28-36-18-20-37(21-19-36)48-34(2)57-32-68-48/h12-13,16-21,24,26-27,31-33,40,44,49,54-55,62H,9-11,14-15,22-23,25,28-30H2,1-8H3,(H,56,63)(H,58,59,60)/t33-,40-,44+,49-/m1/s1. The molecule has 13 nitrogen and oxygen atoms in total. The number of aromatic nitrogens is 3. The molecule has 3 aromatic carbocycles. The highest BCUT2D eigenvalue weighted by Gasteiger charge is 2.43. The first-order valence-corrected chi connectivity index (χ1v) is 25.5. The molecule has 2 amide bonds. The molecule has 1 aliphatic heterocycles. The Morgan fingerprint density at radius 1 is 0.882 bits per heavy atom. The Kier molecular flexibility index (Phi) is 17.2. The number of fused-ring (bicyclic) bond motifs is 1. The average molecular weight is 961 g/mol. The summed E-state index contributed by atoms with van der Waals surface area (Å²) in [4.78, 5) is 45.3. The van der Waals surface area contributed by atoms with Crippen molar-refractivity contribution in [1.82, 2.24) is 35.8 Å². The SMILES string of the molecule is COc1cc2nc(C)nc(N[C@H](C)c3cc(-c4ccccc4CNCCCCCCCN[C@H](C(=O)N4C[C@H](O)C[C@H]4C(=O)NCc4ccc(-c5scnc5C)cc4)C(C)(C)C)cs3)c2cc1OC. The molecule has 1 saturated heterocycles. The summed E-state index contributed by atoms with van der Waals surface area (Å²) in [5, 5.41) is 27.6. The van der Waals surface area contributed by atoms with E-state index < -0.39 is 18.2 Å². The van der Waals surface area contributed by atoms with Crippen LogP contribution >= 0.6 is 22.7 Å². The molecule has 15 heteroatoms. The minimum atomic E-state index is -0.742. The third kappa shape index (κ3) is 12.6. The van der Waals surface area contributed by atoms with Gasteiger partial charge in [-0.15, -0.1) is 22.7 Å². The zero-order chi connectivity index (χ0) is 48.4. The number of ether oxygens (including phenoxy) is 2. The van der Waals surface area contributed by atoms with Crippen molar-refractivity contribution in [3.05, 3.63) is 105 Å². The Labute approximate surface area is 409 Å². The van der Waals surface area contributed by atoms with E-state index in [0.29, 0.717) is 30.4 Å². The first kappa shape index (κ1) is 50.4. The molecule has 1 fully saturated rings. The number of methoxy groups -OCH3 is 2. The molecule has 0 aliphatic carbocycles. The van der Waals surface area contributed by atoms with Crippen LogP contribution in [0.1, 0.15) is 99.8 Å². The molecule has 4 heterocycles. The highest BCUT2D eigenvalue weighted by Crippen LogP contribution is 2.37. The van der Waals surface area contributed by atoms with Gasteiger partial charge >= 0.3 is 0 Å². The summed E-state index contributed by atoms with van der Waals surface area (Å²) in [6.07, 6.45) is 4.80. The highest BCUT2D eigenvalue weighted by molar-refractivity contribution is 7.13. The lowest BCUT2D eigenvalue weighted by Gasteiger charge is -2.35. The summed E-state index contributed by atoms with van der Waals surface area (Å²) in [7, 11) is 3.26. The van der Waals surface area contributed by atoms with Crippen LogP contribution in [-0.2, 0) is 22.7 Å². The van der Waals surface area contributed by atoms with Gasteiger partial charge in [0, 0.05) is 42.4 Å². The molecule has 0 bridgehead atoms. The fraction of sp³-hybridized carbons (Fsp3) is 0.453. The number of aryl methyl sites for hydroxylation is 2. The van der Waals surface area contributed by atoms with E-state index in [1.807, 2.05) is 76.5 Å². The van der Waals surface area contributed by atoms with Gasteiger partial charge in [0.15, 0.2) is 11.5 Å². The maximum absolute atomic E-state index is 14.1. The molecule has 0 saturated carbocycles. The number of hydrogen-bond donors (Lipinski definition) is 5. The number of anilines is 1. The Balaban J connectivity index is 0.826. The zero-order valence-corrected chi connectivity index (χ0v) is 42.4. The number of thiophene rings is 1. The van der Waals surface area contributed by atoms with E-state index in [0.717, 1.165) is 83.6 Å². The Morgan fingerprint density at radius 3 is 2.32 bits per heavy atom. The van der Waals surface area contributed by atoms with Gasteiger partial charge in [0.25, 0.3) is 0 Å². The summed E-state index contributed by atoms with van der Waals surface area (Å²) in [5.74, 6) is 2.32. The lowest BCUT2D eigenvalue weighted by molar-refractivity contribution is -0.142. The smallest absolute Gasteiger partial charge is 0.243 e. The van der Waals surface area contributed by atoms with Gasteiger partial charge in [-0.2, -0.15) is 0 Å². The van der Waals surface area contributed by atoms with Gasteiger partial charge in [0.1, 0.15) is 17.7 Å². The van der Waals surface area contributed by atoms with Crippen molar-refractivity contribution in [2.24, 2.45) is 5.41 Å². The molecule has 0 unspecified atom stereocenters. The first-order valence-electron chi connectivity index (χ1n) is 23.8. The van der Waals surface area contributed by atoms with Gasteiger partial charge < -0.3 is 40.7 Å². The van der Waals surface area contributed by atoms with Crippen molar-refractivity contribution in [1.29, 1.82) is 0 Å². The fourth-order valence-corrected chi connectivity index (χ4v) is 10.6. The predicted octanol–water partition coefficient (Wildman–Crippen LogP) is 9.61. The van der Waals surface area contributed by atoms with Gasteiger partial charge in [0.2, 0.25) is 11.8 Å². The number of carbonyl (C=O) groups excluding carboxylic acids is 2. The minimum absolute atomic E-state index is 0.0149. The first-order chi connectivity index (χ1) is 32.7. The van der Waals surface area contributed by atoms with Crippen molar-refractivity contribution in [2.45, 2.75) is 117 Å². The van der Waals surface area contributed by atoms with Crippen molar-refractivity contribution >= 4 is 51.2 Å². The van der Waals surface area contributed by atoms with Crippen molar-refractivity contribution in [2.75, 3.05) is 39.2 Å². The largest absolute Gasteiger partial charge is 0.493 e. The minimum Gasteiger partial charge on any atom is -0.493 e. The predicted molar refractivity (Wildman–Crippen MR) is 275 cm³/mol. The van der Waals surface area contributed by atoms with Crippen LogP contribution in [0.15, 0.2) is 77.6 Å². The Bertz CT molecular complexity index is 2630. The summed E-state index contributed by atoms with van der Waals surface area (Å²) in [5.41, 5.74) is 9.02. The van der Waals surface area contributed by atoms with Crippen LogP contribution in [0.2, 0.25) is 0 Å². The monoisotopic (exact) mass is 960 g/mol. The molecule has 3 aromatic heterocycles. The normalized spacial score (nSPS) is 15.9. The maximum atomic E-state index is 14.1. The number of nitrogens with zero attached hydrogens (tertiary/aromatic N) is 4. The van der Waals surface area contributed by atoms with Crippen LogP contribution in [0.5, 0.6) is 11.5 Å². The molecule has 1 aliphatic rings. The number of rotatable bonds is 22. The third-order valence-electron chi connectivity index (χ3n) is 12.6. The number of aliphatic hydroxyl groups excluding tert-OH is 1.